The van der Waals surface area contributed by atoms with E-state index in [0.717, 1.165) is 31.6 Å². The molecule has 1 unspecified atom stereocenters. The van der Waals surface area contributed by atoms with Crippen LogP contribution in [-0.4, -0.2) is 27.6 Å². The maximum atomic E-state index is 9.16. The molecule has 0 saturated heterocycles. The quantitative estimate of drug-likeness (QED) is 0.785. The molecule has 0 radical (unpaired) electrons. The van der Waals surface area contributed by atoms with Crippen LogP contribution in [0.25, 0.3) is 5.65 Å². The maximum Gasteiger partial charge on any atom is 0.136 e. The molecule has 0 aliphatic heterocycles. The first kappa shape index (κ1) is 16.0. The smallest absolute Gasteiger partial charge is 0.136 e. The van der Waals surface area contributed by atoms with Crippen LogP contribution >= 0.6 is 0 Å². The standard InChI is InChI=1S/C17H27N3O/c1-13(2)8-15(6-7-21)9-18-10-16-11-19-17-5-4-14(3)12-20(16)17/h4-5,11-13,15,18,21H,6-10H2,1-3H3. The van der Waals surface area contributed by atoms with Crippen molar-refractivity contribution in [3.05, 3.63) is 35.8 Å². The fourth-order valence-electron chi connectivity index (χ4n) is 2.82. The Kier molecular flexibility index (Phi) is 5.76. The van der Waals surface area contributed by atoms with Gasteiger partial charge in [0, 0.05) is 19.3 Å². The second-order valence-electron chi connectivity index (χ2n) is 6.32. The summed E-state index contributed by atoms with van der Waals surface area (Å²) in [6, 6.07) is 4.13. The number of pyridine rings is 1. The number of hydrogen-bond donors (Lipinski definition) is 2. The number of rotatable bonds is 8. The summed E-state index contributed by atoms with van der Waals surface area (Å²) in [7, 11) is 0. The second-order valence-corrected chi connectivity index (χ2v) is 6.32. The predicted molar refractivity (Wildman–Crippen MR) is 86.3 cm³/mol. The number of imidazole rings is 1. The van der Waals surface area contributed by atoms with Gasteiger partial charge in [0.25, 0.3) is 0 Å². The van der Waals surface area contributed by atoms with Gasteiger partial charge in [0.05, 0.1) is 11.9 Å². The number of nitrogens with one attached hydrogen (secondary N) is 1. The van der Waals surface area contributed by atoms with Crippen LogP contribution in [0.3, 0.4) is 0 Å². The summed E-state index contributed by atoms with van der Waals surface area (Å²) in [6.07, 6.45) is 6.08. The average molecular weight is 289 g/mol. The number of aliphatic hydroxyl groups is 1. The van der Waals surface area contributed by atoms with Crippen LogP contribution in [-0.2, 0) is 6.54 Å². The highest BCUT2D eigenvalue weighted by Crippen LogP contribution is 2.15. The molecular weight excluding hydrogens is 262 g/mol. The van der Waals surface area contributed by atoms with Gasteiger partial charge in [-0.05, 0) is 49.8 Å². The highest BCUT2D eigenvalue weighted by atomic mass is 16.3. The van der Waals surface area contributed by atoms with Gasteiger partial charge in [-0.25, -0.2) is 4.98 Å². The first-order valence-electron chi connectivity index (χ1n) is 7.84. The molecular formula is C17H27N3O. The third kappa shape index (κ3) is 4.55. The first-order chi connectivity index (χ1) is 10.1. The molecule has 0 saturated carbocycles. The van der Waals surface area contributed by atoms with Crippen LogP contribution in [0.2, 0.25) is 0 Å². The topological polar surface area (TPSA) is 49.6 Å². The lowest BCUT2D eigenvalue weighted by Gasteiger charge is -2.18. The third-order valence-electron chi connectivity index (χ3n) is 3.81. The lowest BCUT2D eigenvalue weighted by molar-refractivity contribution is 0.239. The minimum Gasteiger partial charge on any atom is -0.396 e. The van der Waals surface area contributed by atoms with Crippen molar-refractivity contribution in [1.29, 1.82) is 0 Å². The van der Waals surface area contributed by atoms with Gasteiger partial charge in [-0.1, -0.05) is 19.9 Å². The lowest BCUT2D eigenvalue weighted by Crippen LogP contribution is -2.25. The molecule has 2 heterocycles. The Labute approximate surface area is 127 Å². The van der Waals surface area contributed by atoms with E-state index in [4.69, 9.17) is 5.11 Å². The minimum atomic E-state index is 0.272. The van der Waals surface area contributed by atoms with Crippen molar-refractivity contribution in [2.75, 3.05) is 13.2 Å². The highest BCUT2D eigenvalue weighted by molar-refractivity contribution is 5.41. The van der Waals surface area contributed by atoms with Gasteiger partial charge in [0.2, 0.25) is 0 Å². The Hall–Kier alpha value is -1.39. The van der Waals surface area contributed by atoms with Crippen molar-refractivity contribution in [3.8, 4) is 0 Å². The molecule has 0 bridgehead atoms. The number of fused-ring (bicyclic) bond motifs is 1. The Morgan fingerprint density at radius 1 is 1.33 bits per heavy atom. The molecule has 0 spiro atoms. The average Bonchev–Trinajstić information content (AvgIpc) is 2.81. The number of aromatic nitrogens is 2. The van der Waals surface area contributed by atoms with Gasteiger partial charge in [-0.15, -0.1) is 0 Å². The monoisotopic (exact) mass is 289 g/mol. The molecule has 0 amide bonds. The largest absolute Gasteiger partial charge is 0.396 e. The van der Waals surface area contributed by atoms with E-state index in [1.54, 1.807) is 0 Å². The van der Waals surface area contributed by atoms with Crippen LogP contribution in [0.4, 0.5) is 0 Å². The highest BCUT2D eigenvalue weighted by Gasteiger charge is 2.11. The van der Waals surface area contributed by atoms with Crippen molar-refractivity contribution in [1.82, 2.24) is 14.7 Å². The SMILES string of the molecule is Cc1ccc2ncc(CNCC(CCO)CC(C)C)n2c1. The Morgan fingerprint density at radius 2 is 2.14 bits per heavy atom. The van der Waals surface area contributed by atoms with Crippen LogP contribution in [0.15, 0.2) is 24.5 Å². The number of aliphatic hydroxyl groups excluding tert-OH is 1. The van der Waals surface area contributed by atoms with Gasteiger partial charge in [-0.3, -0.25) is 0 Å². The Balaban J connectivity index is 1.93. The molecule has 1 atom stereocenters. The number of aryl methyl sites for hydroxylation is 1. The summed E-state index contributed by atoms with van der Waals surface area (Å²) < 4.78 is 2.14. The van der Waals surface area contributed by atoms with E-state index in [9.17, 15) is 0 Å². The number of hydrogen-bond acceptors (Lipinski definition) is 3. The molecule has 21 heavy (non-hydrogen) atoms. The van der Waals surface area contributed by atoms with Crippen molar-refractivity contribution in [2.45, 2.75) is 40.2 Å². The summed E-state index contributed by atoms with van der Waals surface area (Å²) in [5, 5.41) is 12.7. The molecule has 4 heteroatoms. The summed E-state index contributed by atoms with van der Waals surface area (Å²) in [4.78, 5) is 4.43. The fraction of sp³-hybridized carbons (Fsp3) is 0.588. The Bertz CT molecular complexity index is 562. The molecule has 0 aromatic carbocycles. The minimum absolute atomic E-state index is 0.272. The van der Waals surface area contributed by atoms with Gasteiger partial charge in [0.1, 0.15) is 5.65 Å². The third-order valence-corrected chi connectivity index (χ3v) is 3.81. The fourth-order valence-corrected chi connectivity index (χ4v) is 2.82. The van der Waals surface area contributed by atoms with E-state index in [1.165, 1.54) is 11.3 Å². The molecule has 2 N–H and O–H groups in total. The molecule has 116 valence electrons. The molecule has 0 aliphatic carbocycles. The van der Waals surface area contributed by atoms with Crippen molar-refractivity contribution in [2.24, 2.45) is 11.8 Å². The zero-order valence-electron chi connectivity index (χ0n) is 13.3. The molecule has 2 rings (SSSR count). The maximum absolute atomic E-state index is 9.16. The molecule has 4 nitrogen and oxygen atoms in total. The normalized spacial score (nSPS) is 13.2. The number of nitrogens with zero attached hydrogens (tertiary/aromatic N) is 2. The predicted octanol–water partition coefficient (Wildman–Crippen LogP) is 2.78. The Morgan fingerprint density at radius 3 is 2.86 bits per heavy atom. The van der Waals surface area contributed by atoms with E-state index in [2.05, 4.69) is 47.7 Å². The van der Waals surface area contributed by atoms with Gasteiger partial charge in [0.15, 0.2) is 0 Å². The van der Waals surface area contributed by atoms with Gasteiger partial charge < -0.3 is 14.8 Å². The summed E-state index contributed by atoms with van der Waals surface area (Å²) >= 11 is 0. The molecule has 2 aromatic heterocycles. The lowest BCUT2D eigenvalue weighted by atomic mass is 9.94. The molecule has 2 aromatic rings. The van der Waals surface area contributed by atoms with E-state index in [0.29, 0.717) is 11.8 Å². The van der Waals surface area contributed by atoms with Crippen molar-refractivity contribution in [3.63, 3.8) is 0 Å². The first-order valence-corrected chi connectivity index (χ1v) is 7.84. The molecule has 0 fully saturated rings. The molecule has 0 aliphatic rings. The zero-order valence-corrected chi connectivity index (χ0v) is 13.3. The van der Waals surface area contributed by atoms with Gasteiger partial charge in [-0.2, -0.15) is 0 Å². The zero-order chi connectivity index (χ0) is 15.2. The summed E-state index contributed by atoms with van der Waals surface area (Å²) in [6.45, 7) is 8.59. The summed E-state index contributed by atoms with van der Waals surface area (Å²) in [5.74, 6) is 1.21. The van der Waals surface area contributed by atoms with Crippen LogP contribution < -0.4 is 5.32 Å². The van der Waals surface area contributed by atoms with E-state index in [1.807, 2.05) is 12.3 Å². The van der Waals surface area contributed by atoms with E-state index < -0.39 is 0 Å². The second kappa shape index (κ2) is 7.57. The van der Waals surface area contributed by atoms with Crippen LogP contribution in [0, 0.1) is 18.8 Å². The van der Waals surface area contributed by atoms with Crippen molar-refractivity contribution >= 4 is 5.65 Å². The van der Waals surface area contributed by atoms with E-state index in [-0.39, 0.29) is 6.61 Å². The van der Waals surface area contributed by atoms with Crippen molar-refractivity contribution < 1.29 is 5.11 Å². The summed E-state index contributed by atoms with van der Waals surface area (Å²) in [5.41, 5.74) is 3.41. The van der Waals surface area contributed by atoms with E-state index >= 15 is 0 Å². The van der Waals surface area contributed by atoms with Crippen LogP contribution in [0.1, 0.15) is 37.9 Å². The van der Waals surface area contributed by atoms with Crippen LogP contribution in [0.5, 0.6) is 0 Å². The van der Waals surface area contributed by atoms with Gasteiger partial charge >= 0.3 is 0 Å².